The van der Waals surface area contributed by atoms with Gasteiger partial charge < -0.3 is 15.2 Å². The normalized spacial score (nSPS) is 19.7. The van der Waals surface area contributed by atoms with Crippen molar-refractivity contribution in [1.82, 2.24) is 5.32 Å². The van der Waals surface area contributed by atoms with Crippen LogP contribution in [-0.4, -0.2) is 30.3 Å². The Bertz CT molecular complexity index is 538. The molecule has 1 aromatic rings. The van der Waals surface area contributed by atoms with Gasteiger partial charge >= 0.3 is 5.97 Å². The molecule has 0 spiro atoms. The second-order valence-electron chi connectivity index (χ2n) is 7.85. The van der Waals surface area contributed by atoms with E-state index in [-0.39, 0.29) is 6.42 Å². The molecule has 0 bridgehead atoms. The van der Waals surface area contributed by atoms with Crippen LogP contribution in [0.25, 0.3) is 0 Å². The fraction of sp³-hybridized carbons (Fsp3) is 0.696. The van der Waals surface area contributed by atoms with Gasteiger partial charge in [0.25, 0.3) is 0 Å². The van der Waals surface area contributed by atoms with E-state index in [9.17, 15) is 4.79 Å². The highest BCUT2D eigenvalue weighted by molar-refractivity contribution is 5.66. The summed E-state index contributed by atoms with van der Waals surface area (Å²) in [6, 6.07) is 9.03. The van der Waals surface area contributed by atoms with Crippen molar-refractivity contribution in [3.05, 3.63) is 29.8 Å². The lowest BCUT2D eigenvalue weighted by atomic mass is 9.87. The number of nitrogens with one attached hydrogen (secondary N) is 1. The van der Waals surface area contributed by atoms with Gasteiger partial charge in [-0.05, 0) is 55.7 Å². The molecule has 0 saturated carbocycles. The van der Waals surface area contributed by atoms with Gasteiger partial charge in [0.15, 0.2) is 0 Å². The van der Waals surface area contributed by atoms with Gasteiger partial charge in [0.05, 0.1) is 6.61 Å². The predicted molar refractivity (Wildman–Crippen MR) is 111 cm³/mol. The second-order valence-corrected chi connectivity index (χ2v) is 7.85. The number of unbranched alkanes of at least 4 members (excludes halogenated alkanes) is 5. The molecule has 1 fully saturated rings. The number of ether oxygens (including phenoxy) is 1. The SMILES string of the molecule is CCCCCCCCOc1cccc(C2CCC(CCCC(=O)O)NC2)c1. The predicted octanol–water partition coefficient (Wildman–Crippen LogP) is 5.52. The molecule has 0 aromatic heterocycles. The van der Waals surface area contributed by atoms with Gasteiger partial charge in [-0.2, -0.15) is 0 Å². The number of rotatable bonds is 13. The minimum Gasteiger partial charge on any atom is -0.494 e. The molecular formula is C23H37NO3. The Kier molecular flexibility index (Phi) is 10.3. The van der Waals surface area contributed by atoms with E-state index in [1.807, 2.05) is 0 Å². The highest BCUT2D eigenvalue weighted by Crippen LogP contribution is 2.29. The lowest BCUT2D eigenvalue weighted by Gasteiger charge is -2.30. The Morgan fingerprint density at radius 2 is 1.96 bits per heavy atom. The van der Waals surface area contributed by atoms with Crippen LogP contribution in [0.4, 0.5) is 0 Å². The van der Waals surface area contributed by atoms with E-state index < -0.39 is 5.97 Å². The molecule has 1 aromatic carbocycles. The molecule has 2 unspecified atom stereocenters. The van der Waals surface area contributed by atoms with Crippen LogP contribution in [0.2, 0.25) is 0 Å². The van der Waals surface area contributed by atoms with Crippen LogP contribution in [0.15, 0.2) is 24.3 Å². The van der Waals surface area contributed by atoms with Crippen molar-refractivity contribution in [2.45, 2.75) is 89.5 Å². The molecule has 2 atom stereocenters. The number of piperidine rings is 1. The maximum absolute atomic E-state index is 10.6. The Balaban J connectivity index is 1.67. The van der Waals surface area contributed by atoms with Gasteiger partial charge in [-0.3, -0.25) is 4.79 Å². The third-order valence-corrected chi connectivity index (χ3v) is 5.56. The molecule has 1 aliphatic heterocycles. The molecule has 1 aliphatic rings. The Hall–Kier alpha value is -1.55. The third-order valence-electron chi connectivity index (χ3n) is 5.56. The largest absolute Gasteiger partial charge is 0.494 e. The number of hydrogen-bond donors (Lipinski definition) is 2. The van der Waals surface area contributed by atoms with E-state index in [1.54, 1.807) is 0 Å². The van der Waals surface area contributed by atoms with Crippen molar-refractivity contribution in [2.24, 2.45) is 0 Å². The topological polar surface area (TPSA) is 58.6 Å². The van der Waals surface area contributed by atoms with E-state index in [4.69, 9.17) is 9.84 Å². The van der Waals surface area contributed by atoms with Crippen LogP contribution in [0.3, 0.4) is 0 Å². The van der Waals surface area contributed by atoms with E-state index in [2.05, 4.69) is 36.5 Å². The van der Waals surface area contributed by atoms with Crippen LogP contribution in [0.1, 0.15) is 89.0 Å². The summed E-state index contributed by atoms with van der Waals surface area (Å²) in [7, 11) is 0. The number of hydrogen-bond acceptors (Lipinski definition) is 3. The summed E-state index contributed by atoms with van der Waals surface area (Å²) in [6.07, 6.45) is 12.0. The van der Waals surface area contributed by atoms with Crippen molar-refractivity contribution >= 4 is 5.97 Å². The zero-order valence-electron chi connectivity index (χ0n) is 16.9. The number of carboxylic acid groups (broad SMARTS) is 1. The number of carboxylic acids is 1. The second kappa shape index (κ2) is 12.8. The molecule has 27 heavy (non-hydrogen) atoms. The highest BCUT2D eigenvalue weighted by atomic mass is 16.5. The quantitative estimate of drug-likeness (QED) is 0.446. The molecule has 1 saturated heterocycles. The first kappa shape index (κ1) is 21.7. The van der Waals surface area contributed by atoms with Gasteiger partial charge in [-0.25, -0.2) is 0 Å². The molecule has 0 aliphatic carbocycles. The van der Waals surface area contributed by atoms with Gasteiger partial charge in [0.1, 0.15) is 5.75 Å². The first-order valence-corrected chi connectivity index (χ1v) is 10.9. The maximum atomic E-state index is 10.6. The fourth-order valence-electron chi connectivity index (χ4n) is 3.88. The Morgan fingerprint density at radius 1 is 1.15 bits per heavy atom. The zero-order valence-corrected chi connectivity index (χ0v) is 16.9. The van der Waals surface area contributed by atoms with Crippen LogP contribution in [0, 0.1) is 0 Å². The van der Waals surface area contributed by atoms with Crippen molar-refractivity contribution < 1.29 is 14.6 Å². The Labute approximate surface area is 164 Å². The summed E-state index contributed by atoms with van der Waals surface area (Å²) in [4.78, 5) is 10.6. The van der Waals surface area contributed by atoms with Crippen molar-refractivity contribution in [2.75, 3.05) is 13.2 Å². The molecule has 2 N–H and O–H groups in total. The van der Waals surface area contributed by atoms with Crippen molar-refractivity contribution in [3.8, 4) is 5.75 Å². The Morgan fingerprint density at radius 3 is 2.70 bits per heavy atom. The summed E-state index contributed by atoms with van der Waals surface area (Å²) < 4.78 is 5.96. The van der Waals surface area contributed by atoms with Gasteiger partial charge in [0.2, 0.25) is 0 Å². The lowest BCUT2D eigenvalue weighted by molar-refractivity contribution is -0.137. The molecule has 0 radical (unpaired) electrons. The summed E-state index contributed by atoms with van der Waals surface area (Å²) in [5.74, 6) is 0.824. The third kappa shape index (κ3) is 8.79. The summed E-state index contributed by atoms with van der Waals surface area (Å²) >= 11 is 0. The molecule has 1 heterocycles. The maximum Gasteiger partial charge on any atom is 0.303 e. The number of aliphatic carboxylic acids is 1. The van der Waals surface area contributed by atoms with Crippen LogP contribution >= 0.6 is 0 Å². The first-order valence-electron chi connectivity index (χ1n) is 10.9. The lowest BCUT2D eigenvalue weighted by Crippen LogP contribution is -2.38. The van der Waals surface area contributed by atoms with Crippen LogP contribution in [-0.2, 0) is 4.79 Å². The van der Waals surface area contributed by atoms with Gasteiger partial charge in [-0.1, -0.05) is 51.2 Å². The monoisotopic (exact) mass is 375 g/mol. The summed E-state index contributed by atoms with van der Waals surface area (Å²) in [5.41, 5.74) is 1.35. The van der Waals surface area contributed by atoms with Crippen LogP contribution < -0.4 is 10.1 Å². The van der Waals surface area contributed by atoms with Crippen molar-refractivity contribution in [1.29, 1.82) is 0 Å². The fourth-order valence-corrected chi connectivity index (χ4v) is 3.88. The smallest absolute Gasteiger partial charge is 0.303 e. The molecule has 152 valence electrons. The van der Waals surface area contributed by atoms with E-state index in [1.165, 1.54) is 37.7 Å². The zero-order chi connectivity index (χ0) is 19.3. The first-order chi connectivity index (χ1) is 13.2. The average Bonchev–Trinajstić information content (AvgIpc) is 2.68. The summed E-state index contributed by atoms with van der Waals surface area (Å²) in [6.45, 7) is 4.03. The molecule has 0 amide bonds. The minimum absolute atomic E-state index is 0.277. The standard InChI is InChI=1S/C23H37NO3/c1-2-3-4-5-6-7-16-27-22-12-8-10-19(17-22)20-14-15-21(24-18-20)11-9-13-23(25)26/h8,10,12,17,20-21,24H,2-7,9,11,13-16,18H2,1H3,(H,25,26). The highest BCUT2D eigenvalue weighted by Gasteiger charge is 2.22. The molecule has 4 heteroatoms. The van der Waals surface area contributed by atoms with E-state index in [0.29, 0.717) is 12.0 Å². The number of benzene rings is 1. The number of carbonyl (C=O) groups is 1. The van der Waals surface area contributed by atoms with Gasteiger partial charge in [0, 0.05) is 19.0 Å². The van der Waals surface area contributed by atoms with E-state index in [0.717, 1.165) is 51.0 Å². The van der Waals surface area contributed by atoms with Gasteiger partial charge in [-0.15, -0.1) is 0 Å². The average molecular weight is 376 g/mol. The molecular weight excluding hydrogens is 338 g/mol. The minimum atomic E-state index is -0.693. The van der Waals surface area contributed by atoms with Crippen LogP contribution in [0.5, 0.6) is 5.75 Å². The molecule has 2 rings (SSSR count). The molecule has 4 nitrogen and oxygen atoms in total. The van der Waals surface area contributed by atoms with E-state index >= 15 is 0 Å². The summed E-state index contributed by atoms with van der Waals surface area (Å²) in [5, 5.41) is 12.4. The van der Waals surface area contributed by atoms with Crippen molar-refractivity contribution in [3.63, 3.8) is 0 Å².